The van der Waals surface area contributed by atoms with Crippen molar-refractivity contribution in [1.82, 2.24) is 5.32 Å². The first-order valence-electron chi connectivity index (χ1n) is 10.3. The predicted molar refractivity (Wildman–Crippen MR) is 115 cm³/mol. The van der Waals surface area contributed by atoms with E-state index in [1.165, 1.54) is 46.7 Å². The Labute approximate surface area is 166 Å². The van der Waals surface area contributed by atoms with Gasteiger partial charge in [-0.2, -0.15) is 0 Å². The molecule has 0 saturated carbocycles. The first-order valence-corrected chi connectivity index (χ1v) is 11.2. The summed E-state index contributed by atoms with van der Waals surface area (Å²) in [6.07, 6.45) is 3.57. The number of piperidine rings is 1. The number of ether oxygens (including phenoxy) is 1. The van der Waals surface area contributed by atoms with Gasteiger partial charge in [0.2, 0.25) is 0 Å². The zero-order valence-electron chi connectivity index (χ0n) is 16.3. The third-order valence-electron chi connectivity index (χ3n) is 6.44. The van der Waals surface area contributed by atoms with Crippen LogP contribution in [-0.2, 0) is 6.42 Å². The van der Waals surface area contributed by atoms with Gasteiger partial charge in [0.25, 0.3) is 0 Å². The predicted octanol–water partition coefficient (Wildman–Crippen LogP) is 4.69. The fourth-order valence-electron chi connectivity index (χ4n) is 5.15. The minimum Gasteiger partial charge on any atom is -0.497 e. The Hall–Kier alpha value is -1.65. The second-order valence-corrected chi connectivity index (χ2v) is 8.99. The Bertz CT molecular complexity index is 866. The van der Waals surface area contributed by atoms with Gasteiger partial charge in [0, 0.05) is 29.9 Å². The van der Waals surface area contributed by atoms with Gasteiger partial charge in [-0.1, -0.05) is 13.0 Å². The molecule has 142 valence electrons. The van der Waals surface area contributed by atoms with Crippen LogP contribution in [0.1, 0.15) is 36.8 Å². The van der Waals surface area contributed by atoms with Crippen LogP contribution in [0, 0.1) is 0 Å². The minimum atomic E-state index is 0.634. The molecule has 27 heavy (non-hydrogen) atoms. The molecule has 0 unspecified atom stereocenters. The van der Waals surface area contributed by atoms with Crippen LogP contribution in [0.5, 0.6) is 5.75 Å². The van der Waals surface area contributed by atoms with Crippen LogP contribution in [-0.4, -0.2) is 38.5 Å². The average molecular weight is 381 g/mol. The SMILES string of the molecule is CCc1cc(OC)ccc1-c1cc2c3c(c1)[C@@H]1CNCC[C@@H]1N3CCCS2. The van der Waals surface area contributed by atoms with E-state index in [-0.39, 0.29) is 0 Å². The van der Waals surface area contributed by atoms with Gasteiger partial charge in [-0.05, 0) is 78.1 Å². The van der Waals surface area contributed by atoms with Crippen LogP contribution < -0.4 is 15.0 Å². The summed E-state index contributed by atoms with van der Waals surface area (Å²) in [4.78, 5) is 4.24. The molecular formula is C23H28N2OS. The summed E-state index contributed by atoms with van der Waals surface area (Å²) in [7, 11) is 1.75. The van der Waals surface area contributed by atoms with E-state index >= 15 is 0 Å². The molecule has 2 atom stereocenters. The summed E-state index contributed by atoms with van der Waals surface area (Å²) < 4.78 is 5.46. The molecular weight excluding hydrogens is 352 g/mol. The highest BCUT2D eigenvalue weighted by atomic mass is 32.2. The summed E-state index contributed by atoms with van der Waals surface area (Å²) in [5.41, 5.74) is 7.23. The number of thioether (sulfide) groups is 1. The number of aryl methyl sites for hydroxylation is 1. The molecule has 3 aliphatic heterocycles. The van der Waals surface area contributed by atoms with E-state index in [9.17, 15) is 0 Å². The van der Waals surface area contributed by atoms with E-state index in [2.05, 4.69) is 59.2 Å². The molecule has 3 nitrogen and oxygen atoms in total. The lowest BCUT2D eigenvalue weighted by Crippen LogP contribution is -2.44. The van der Waals surface area contributed by atoms with Crippen LogP contribution >= 0.6 is 11.8 Å². The Morgan fingerprint density at radius 1 is 1.26 bits per heavy atom. The molecule has 1 saturated heterocycles. The minimum absolute atomic E-state index is 0.634. The van der Waals surface area contributed by atoms with E-state index in [0.717, 1.165) is 25.3 Å². The van der Waals surface area contributed by atoms with Gasteiger partial charge in [0.05, 0.1) is 12.8 Å². The number of nitrogens with one attached hydrogen (secondary N) is 1. The smallest absolute Gasteiger partial charge is 0.119 e. The quantitative estimate of drug-likeness (QED) is 0.835. The molecule has 0 spiro atoms. The number of rotatable bonds is 3. The highest BCUT2D eigenvalue weighted by Gasteiger charge is 2.41. The van der Waals surface area contributed by atoms with Crippen molar-refractivity contribution in [3.05, 3.63) is 41.5 Å². The van der Waals surface area contributed by atoms with Crippen molar-refractivity contribution in [1.29, 1.82) is 0 Å². The molecule has 5 rings (SSSR count). The summed E-state index contributed by atoms with van der Waals surface area (Å²) in [5, 5.41) is 3.64. The van der Waals surface area contributed by atoms with E-state index in [1.54, 1.807) is 18.4 Å². The summed E-state index contributed by atoms with van der Waals surface area (Å²) in [6, 6.07) is 12.2. The molecule has 3 aliphatic rings. The maximum absolute atomic E-state index is 5.46. The van der Waals surface area contributed by atoms with E-state index < -0.39 is 0 Å². The van der Waals surface area contributed by atoms with E-state index in [4.69, 9.17) is 4.74 Å². The largest absolute Gasteiger partial charge is 0.497 e. The zero-order valence-corrected chi connectivity index (χ0v) is 17.1. The lowest BCUT2D eigenvalue weighted by molar-refractivity contribution is 0.403. The van der Waals surface area contributed by atoms with Gasteiger partial charge in [-0.15, -0.1) is 11.8 Å². The highest BCUT2D eigenvalue weighted by Crippen LogP contribution is 2.51. The van der Waals surface area contributed by atoms with Gasteiger partial charge < -0.3 is 15.0 Å². The number of nitrogens with zero attached hydrogens (tertiary/aromatic N) is 1. The van der Waals surface area contributed by atoms with Crippen LogP contribution in [0.15, 0.2) is 35.2 Å². The van der Waals surface area contributed by atoms with Gasteiger partial charge >= 0.3 is 0 Å². The molecule has 0 bridgehead atoms. The van der Waals surface area contributed by atoms with Crippen molar-refractivity contribution in [2.75, 3.05) is 37.4 Å². The maximum atomic E-state index is 5.46. The van der Waals surface area contributed by atoms with Crippen molar-refractivity contribution >= 4 is 17.4 Å². The first-order chi connectivity index (χ1) is 13.3. The van der Waals surface area contributed by atoms with Crippen molar-refractivity contribution in [3.63, 3.8) is 0 Å². The molecule has 0 aliphatic carbocycles. The molecule has 0 amide bonds. The van der Waals surface area contributed by atoms with Crippen molar-refractivity contribution in [3.8, 4) is 16.9 Å². The van der Waals surface area contributed by atoms with Gasteiger partial charge in [-0.25, -0.2) is 0 Å². The third-order valence-corrected chi connectivity index (χ3v) is 7.56. The van der Waals surface area contributed by atoms with Crippen molar-refractivity contribution < 1.29 is 4.74 Å². The number of hydrogen-bond acceptors (Lipinski definition) is 4. The lowest BCUT2D eigenvalue weighted by atomic mass is 9.88. The number of benzene rings is 2. The summed E-state index contributed by atoms with van der Waals surface area (Å²) >= 11 is 2.06. The number of hydrogen-bond donors (Lipinski definition) is 1. The van der Waals surface area contributed by atoms with Crippen LogP contribution in [0.4, 0.5) is 5.69 Å². The van der Waals surface area contributed by atoms with Crippen molar-refractivity contribution in [2.45, 2.75) is 43.0 Å². The molecule has 0 radical (unpaired) electrons. The Balaban J connectivity index is 1.66. The van der Waals surface area contributed by atoms with Crippen LogP contribution in [0.3, 0.4) is 0 Å². The summed E-state index contributed by atoms with van der Waals surface area (Å²) in [5.74, 6) is 2.81. The maximum Gasteiger partial charge on any atom is 0.119 e. The lowest BCUT2D eigenvalue weighted by Gasteiger charge is -2.33. The summed E-state index contributed by atoms with van der Waals surface area (Å²) in [6.45, 7) is 5.72. The monoisotopic (exact) mass is 380 g/mol. The van der Waals surface area contributed by atoms with Crippen LogP contribution in [0.2, 0.25) is 0 Å². The fourth-order valence-corrected chi connectivity index (χ4v) is 6.23. The molecule has 1 N–H and O–H groups in total. The average Bonchev–Trinajstić information content (AvgIpc) is 2.88. The van der Waals surface area contributed by atoms with Gasteiger partial charge in [-0.3, -0.25) is 0 Å². The van der Waals surface area contributed by atoms with E-state index in [0.29, 0.717) is 12.0 Å². The van der Waals surface area contributed by atoms with Gasteiger partial charge in [0.1, 0.15) is 5.75 Å². The Morgan fingerprint density at radius 3 is 3.04 bits per heavy atom. The molecule has 2 aromatic rings. The number of anilines is 1. The topological polar surface area (TPSA) is 24.5 Å². The number of methoxy groups -OCH3 is 1. The fraction of sp³-hybridized carbons (Fsp3) is 0.478. The normalized spacial score (nSPS) is 23.6. The Morgan fingerprint density at radius 2 is 2.19 bits per heavy atom. The zero-order chi connectivity index (χ0) is 18.4. The van der Waals surface area contributed by atoms with E-state index in [1.807, 2.05) is 0 Å². The van der Waals surface area contributed by atoms with Gasteiger partial charge in [0.15, 0.2) is 0 Å². The first kappa shape index (κ1) is 17.4. The number of fused-ring (bicyclic) bond motifs is 3. The second kappa shape index (κ2) is 7.06. The molecule has 1 fully saturated rings. The molecule has 0 aromatic heterocycles. The third kappa shape index (κ3) is 2.85. The highest BCUT2D eigenvalue weighted by molar-refractivity contribution is 7.99. The second-order valence-electron chi connectivity index (χ2n) is 7.85. The molecule has 2 aromatic carbocycles. The Kier molecular flexibility index (Phi) is 4.57. The standard InChI is InChI=1S/C23H28N2OS/c1-3-15-11-17(26-2)5-6-18(15)16-12-19-20-14-24-8-7-21(20)25-9-4-10-27-22(13-16)23(19)25/h5-6,11-13,20-21,24H,3-4,7-10,14H2,1-2H3/t20-,21-/m0/s1. The molecule has 4 heteroatoms. The van der Waals surface area contributed by atoms with Crippen LogP contribution in [0.25, 0.3) is 11.1 Å². The molecule has 3 heterocycles. The van der Waals surface area contributed by atoms with Crippen molar-refractivity contribution in [2.24, 2.45) is 0 Å².